The molecule has 1 N–H and O–H groups in total. The molecule has 7 nitrogen and oxygen atoms in total. The van der Waals surface area contributed by atoms with Gasteiger partial charge in [0.1, 0.15) is 0 Å². The SMILES string of the molecule is CCc1cc(NC2=NC(=O)C3C(=N2)N=NN3CCCCBr)ccc1C. The van der Waals surface area contributed by atoms with Crippen LogP contribution in [0.25, 0.3) is 0 Å². The van der Waals surface area contributed by atoms with Gasteiger partial charge in [-0.1, -0.05) is 34.1 Å². The van der Waals surface area contributed by atoms with Crippen LogP contribution in [0.5, 0.6) is 0 Å². The lowest BCUT2D eigenvalue weighted by Crippen LogP contribution is -2.42. The molecule has 0 aliphatic carbocycles. The Morgan fingerprint density at radius 1 is 1.28 bits per heavy atom. The molecule has 25 heavy (non-hydrogen) atoms. The number of aryl methyl sites for hydroxylation is 2. The van der Waals surface area contributed by atoms with Crippen LogP contribution >= 0.6 is 15.9 Å². The minimum atomic E-state index is -0.579. The predicted octanol–water partition coefficient (Wildman–Crippen LogP) is 3.49. The maximum Gasteiger partial charge on any atom is 0.281 e. The van der Waals surface area contributed by atoms with Crippen molar-refractivity contribution in [2.45, 2.75) is 39.2 Å². The quantitative estimate of drug-likeness (QED) is 0.581. The molecule has 0 bridgehead atoms. The number of hydrogen-bond acceptors (Lipinski definition) is 6. The van der Waals surface area contributed by atoms with Gasteiger partial charge < -0.3 is 5.32 Å². The van der Waals surface area contributed by atoms with Crippen LogP contribution in [0.3, 0.4) is 0 Å². The largest absolute Gasteiger partial charge is 0.324 e. The van der Waals surface area contributed by atoms with Crippen molar-refractivity contribution in [2.75, 3.05) is 17.2 Å². The number of halogens is 1. The van der Waals surface area contributed by atoms with Crippen LogP contribution in [0.1, 0.15) is 30.9 Å². The van der Waals surface area contributed by atoms with Crippen LogP contribution in [-0.2, 0) is 11.2 Å². The lowest BCUT2D eigenvalue weighted by Gasteiger charge is -2.21. The summed E-state index contributed by atoms with van der Waals surface area (Å²) in [7, 11) is 0. The summed E-state index contributed by atoms with van der Waals surface area (Å²) >= 11 is 3.40. The topological polar surface area (TPSA) is 81.8 Å². The smallest absolute Gasteiger partial charge is 0.281 e. The zero-order valence-corrected chi connectivity index (χ0v) is 16.0. The van der Waals surface area contributed by atoms with Gasteiger partial charge in [0.05, 0.1) is 0 Å². The third-order valence-electron chi connectivity index (χ3n) is 4.23. The molecule has 1 aromatic rings. The molecule has 0 fully saturated rings. The summed E-state index contributed by atoms with van der Waals surface area (Å²) in [6.45, 7) is 4.86. The fourth-order valence-electron chi connectivity index (χ4n) is 2.82. The Morgan fingerprint density at radius 2 is 2.12 bits per heavy atom. The maximum absolute atomic E-state index is 12.4. The van der Waals surface area contributed by atoms with E-state index in [9.17, 15) is 4.79 Å². The van der Waals surface area contributed by atoms with Gasteiger partial charge in [0.15, 0.2) is 11.9 Å². The molecule has 0 radical (unpaired) electrons. The van der Waals surface area contributed by atoms with E-state index in [1.165, 1.54) is 11.1 Å². The second-order valence-corrected chi connectivity index (χ2v) is 6.81. The first-order chi connectivity index (χ1) is 12.1. The highest BCUT2D eigenvalue weighted by molar-refractivity contribution is 9.09. The summed E-state index contributed by atoms with van der Waals surface area (Å²) in [5.74, 6) is 0.395. The number of anilines is 1. The number of nitrogens with zero attached hydrogens (tertiary/aromatic N) is 5. The Bertz CT molecular complexity index is 758. The standard InChI is InChI=1S/C17H21BrN6O/c1-3-12-10-13(7-6-11(12)2)19-17-20-15-14(16(25)21-17)24(23-22-15)9-5-4-8-18/h6-7,10,14H,3-5,8-9H2,1-2H3,(H,19,21,25). The molecule has 0 spiro atoms. The van der Waals surface area contributed by atoms with E-state index in [0.717, 1.165) is 30.3 Å². The summed E-state index contributed by atoms with van der Waals surface area (Å²) in [6, 6.07) is 5.47. The second-order valence-electron chi connectivity index (χ2n) is 6.01. The van der Waals surface area contributed by atoms with E-state index in [1.807, 2.05) is 12.1 Å². The fraction of sp³-hybridized carbons (Fsp3) is 0.471. The number of aliphatic imine (C=N–C) groups is 2. The van der Waals surface area contributed by atoms with E-state index in [2.05, 4.69) is 61.5 Å². The van der Waals surface area contributed by atoms with Crippen molar-refractivity contribution in [3.63, 3.8) is 0 Å². The minimum Gasteiger partial charge on any atom is -0.324 e. The number of amides is 1. The number of nitrogens with one attached hydrogen (secondary N) is 1. The maximum atomic E-state index is 12.4. The van der Waals surface area contributed by atoms with Crippen LogP contribution in [0.15, 0.2) is 38.5 Å². The molecule has 2 aliphatic heterocycles. The molecule has 1 aromatic carbocycles. The van der Waals surface area contributed by atoms with Crippen LogP contribution < -0.4 is 5.32 Å². The number of fused-ring (bicyclic) bond motifs is 1. The van der Waals surface area contributed by atoms with Crippen molar-refractivity contribution < 1.29 is 4.79 Å². The summed E-state index contributed by atoms with van der Waals surface area (Å²) in [5, 5.41) is 13.8. The first kappa shape index (κ1) is 17.7. The van der Waals surface area contributed by atoms with Gasteiger partial charge in [-0.15, -0.1) is 5.11 Å². The molecule has 0 aromatic heterocycles. The van der Waals surface area contributed by atoms with Crippen molar-refractivity contribution >= 4 is 39.3 Å². The lowest BCUT2D eigenvalue weighted by atomic mass is 10.1. The molecular weight excluding hydrogens is 384 g/mol. The number of carbonyl (C=O) groups excluding carboxylic acids is 1. The second kappa shape index (κ2) is 7.86. The predicted molar refractivity (Wildman–Crippen MR) is 102 cm³/mol. The molecule has 1 amide bonds. The highest BCUT2D eigenvalue weighted by Crippen LogP contribution is 2.21. The fourth-order valence-corrected chi connectivity index (χ4v) is 3.22. The first-order valence-corrected chi connectivity index (χ1v) is 9.56. The van der Waals surface area contributed by atoms with Gasteiger partial charge in [0, 0.05) is 17.6 Å². The Kier molecular flexibility index (Phi) is 5.57. The van der Waals surface area contributed by atoms with Gasteiger partial charge in [0.2, 0.25) is 5.96 Å². The van der Waals surface area contributed by atoms with Crippen molar-refractivity contribution in [2.24, 2.45) is 20.3 Å². The number of benzene rings is 1. The summed E-state index contributed by atoms with van der Waals surface area (Å²) in [5.41, 5.74) is 3.35. The molecule has 0 saturated carbocycles. The highest BCUT2D eigenvalue weighted by Gasteiger charge is 2.38. The van der Waals surface area contributed by atoms with Gasteiger partial charge in [0.25, 0.3) is 5.91 Å². The normalized spacial score (nSPS) is 18.9. The number of carbonyl (C=O) groups is 1. The molecule has 2 heterocycles. The summed E-state index contributed by atoms with van der Waals surface area (Å²) in [6.07, 6.45) is 2.89. The molecule has 2 aliphatic rings. The van der Waals surface area contributed by atoms with E-state index in [-0.39, 0.29) is 11.9 Å². The Labute approximate surface area is 155 Å². The zero-order valence-electron chi connectivity index (χ0n) is 14.4. The lowest BCUT2D eigenvalue weighted by molar-refractivity contribution is -0.120. The van der Waals surface area contributed by atoms with Crippen molar-refractivity contribution in [3.05, 3.63) is 29.3 Å². The number of alkyl halides is 1. The Morgan fingerprint density at radius 3 is 2.88 bits per heavy atom. The van der Waals surface area contributed by atoms with Gasteiger partial charge in [-0.2, -0.15) is 9.98 Å². The van der Waals surface area contributed by atoms with Crippen LogP contribution in [0.4, 0.5) is 5.69 Å². The van der Waals surface area contributed by atoms with Crippen molar-refractivity contribution in [1.82, 2.24) is 5.01 Å². The van der Waals surface area contributed by atoms with Gasteiger partial charge in [-0.25, -0.2) is 0 Å². The molecule has 1 unspecified atom stereocenters. The average molecular weight is 405 g/mol. The number of guanidine groups is 1. The molecule has 8 heteroatoms. The monoisotopic (exact) mass is 404 g/mol. The number of amidine groups is 1. The first-order valence-electron chi connectivity index (χ1n) is 8.44. The van der Waals surface area contributed by atoms with E-state index < -0.39 is 6.04 Å². The van der Waals surface area contributed by atoms with E-state index in [4.69, 9.17) is 0 Å². The van der Waals surface area contributed by atoms with Gasteiger partial charge >= 0.3 is 0 Å². The Hall–Kier alpha value is -2.09. The van der Waals surface area contributed by atoms with Gasteiger partial charge in [-0.05, 0) is 49.4 Å². The van der Waals surface area contributed by atoms with Gasteiger partial charge in [-0.3, -0.25) is 9.80 Å². The number of unbranched alkanes of at least 4 members (excludes halogenated alkanes) is 1. The van der Waals surface area contributed by atoms with Crippen LogP contribution in [0, 0.1) is 6.92 Å². The third kappa shape index (κ3) is 3.95. The van der Waals surface area contributed by atoms with E-state index in [0.29, 0.717) is 12.4 Å². The molecule has 1 atom stereocenters. The van der Waals surface area contributed by atoms with Crippen LogP contribution in [0.2, 0.25) is 0 Å². The zero-order chi connectivity index (χ0) is 17.8. The molecule has 0 saturated heterocycles. The van der Waals surface area contributed by atoms with E-state index >= 15 is 0 Å². The number of hydrogen-bond donors (Lipinski definition) is 1. The Balaban J connectivity index is 1.71. The van der Waals surface area contributed by atoms with E-state index in [1.54, 1.807) is 5.01 Å². The third-order valence-corrected chi connectivity index (χ3v) is 4.79. The summed E-state index contributed by atoms with van der Waals surface area (Å²) in [4.78, 5) is 20.9. The average Bonchev–Trinajstić information content (AvgIpc) is 3.00. The van der Waals surface area contributed by atoms with Crippen molar-refractivity contribution in [1.29, 1.82) is 0 Å². The minimum absolute atomic E-state index is 0.267. The molecule has 3 rings (SSSR count). The van der Waals surface area contributed by atoms with Crippen LogP contribution in [-0.4, -0.2) is 40.6 Å². The number of rotatable bonds is 6. The highest BCUT2D eigenvalue weighted by atomic mass is 79.9. The summed E-state index contributed by atoms with van der Waals surface area (Å²) < 4.78 is 0. The van der Waals surface area contributed by atoms with Crippen molar-refractivity contribution in [3.8, 4) is 0 Å². The molecular formula is C17H21BrN6O. The molecule has 132 valence electrons.